The Bertz CT molecular complexity index is 668. The van der Waals surface area contributed by atoms with Gasteiger partial charge < -0.3 is 5.32 Å². The third-order valence-corrected chi connectivity index (χ3v) is 6.01. The van der Waals surface area contributed by atoms with Gasteiger partial charge in [0.15, 0.2) is 15.7 Å². The van der Waals surface area contributed by atoms with Crippen LogP contribution >= 0.6 is 0 Å². The Morgan fingerprint density at radius 3 is 2.70 bits per heavy atom. The van der Waals surface area contributed by atoms with E-state index in [2.05, 4.69) is 27.8 Å². The minimum atomic E-state index is -3.58. The number of hydrogen-bond donors (Lipinski definition) is 1. The summed E-state index contributed by atoms with van der Waals surface area (Å²) in [5, 5.41) is 14.0. The van der Waals surface area contributed by atoms with Crippen molar-refractivity contribution in [3.63, 3.8) is 0 Å². The second kappa shape index (κ2) is 6.54. The molecular formula is C14H23N5O3S. The predicted octanol–water partition coefficient (Wildman–Crippen LogP) is 0.618. The number of nitrogens with one attached hydrogen (secondary N) is 1. The third kappa shape index (κ3) is 4.27. The van der Waals surface area contributed by atoms with E-state index in [0.717, 1.165) is 32.1 Å². The molecule has 1 N–H and O–H groups in total. The summed E-state index contributed by atoms with van der Waals surface area (Å²) in [6.07, 6.45) is 6.20. The number of aromatic nitrogens is 4. The molecule has 8 nitrogen and oxygen atoms in total. The summed E-state index contributed by atoms with van der Waals surface area (Å²) >= 11 is 0. The van der Waals surface area contributed by atoms with Crippen molar-refractivity contribution in [1.82, 2.24) is 25.5 Å². The monoisotopic (exact) mass is 341 g/mol. The van der Waals surface area contributed by atoms with Gasteiger partial charge >= 0.3 is 0 Å². The number of amides is 1. The molecule has 23 heavy (non-hydrogen) atoms. The maximum Gasteiger partial charge on any atom is 0.235 e. The van der Waals surface area contributed by atoms with Crippen LogP contribution in [0.1, 0.15) is 57.3 Å². The first-order chi connectivity index (χ1) is 10.9. The zero-order chi connectivity index (χ0) is 16.4. The molecule has 2 aliphatic rings. The highest BCUT2D eigenvalue weighted by Gasteiger charge is 2.31. The van der Waals surface area contributed by atoms with Gasteiger partial charge in [-0.1, -0.05) is 19.8 Å². The molecule has 0 aliphatic heterocycles. The number of carbonyl (C=O) groups is 1. The maximum absolute atomic E-state index is 12.3. The summed E-state index contributed by atoms with van der Waals surface area (Å²) in [6, 6.07) is 0.301. The Kier molecular flexibility index (Phi) is 4.65. The molecule has 0 saturated heterocycles. The van der Waals surface area contributed by atoms with Crippen molar-refractivity contribution < 1.29 is 13.2 Å². The first kappa shape index (κ1) is 16.4. The summed E-state index contributed by atoms with van der Waals surface area (Å²) in [5.74, 6) is -0.490. The van der Waals surface area contributed by atoms with Crippen LogP contribution in [0.4, 0.5) is 0 Å². The van der Waals surface area contributed by atoms with Gasteiger partial charge in [-0.2, -0.15) is 0 Å². The van der Waals surface area contributed by atoms with Gasteiger partial charge in [-0.3, -0.25) is 4.79 Å². The fraction of sp³-hybridized carbons (Fsp3) is 0.857. The van der Waals surface area contributed by atoms with Crippen LogP contribution in [-0.4, -0.2) is 46.3 Å². The summed E-state index contributed by atoms with van der Waals surface area (Å²) < 4.78 is 26.1. The zero-order valence-corrected chi connectivity index (χ0v) is 14.1. The van der Waals surface area contributed by atoms with E-state index in [9.17, 15) is 13.2 Å². The SMILES string of the molecule is C[C@@H]1CCCC[C@H]1NC(=O)CS(=O)(=O)Cc1nnnn1C1CC1. The Labute approximate surface area is 135 Å². The molecule has 0 unspecified atom stereocenters. The van der Waals surface area contributed by atoms with Crippen LogP contribution in [0.15, 0.2) is 0 Å². The molecule has 128 valence electrons. The molecule has 1 heterocycles. The highest BCUT2D eigenvalue weighted by molar-refractivity contribution is 7.91. The zero-order valence-electron chi connectivity index (χ0n) is 13.3. The molecule has 9 heteroatoms. The average molecular weight is 341 g/mol. The topological polar surface area (TPSA) is 107 Å². The van der Waals surface area contributed by atoms with Gasteiger partial charge in [-0.25, -0.2) is 13.1 Å². The van der Waals surface area contributed by atoms with Crippen molar-refractivity contribution in [1.29, 1.82) is 0 Å². The van der Waals surface area contributed by atoms with Crippen molar-refractivity contribution in [2.24, 2.45) is 5.92 Å². The fourth-order valence-corrected chi connectivity index (χ4v) is 4.30. The molecule has 1 aromatic rings. The molecule has 2 atom stereocenters. The number of hydrogen-bond acceptors (Lipinski definition) is 6. The molecule has 0 bridgehead atoms. The van der Waals surface area contributed by atoms with E-state index >= 15 is 0 Å². The van der Waals surface area contributed by atoms with Gasteiger partial charge in [0.1, 0.15) is 11.5 Å². The quantitative estimate of drug-likeness (QED) is 0.813. The van der Waals surface area contributed by atoms with E-state index in [1.165, 1.54) is 6.42 Å². The summed E-state index contributed by atoms with van der Waals surface area (Å²) in [7, 11) is -3.58. The van der Waals surface area contributed by atoms with Crippen molar-refractivity contribution >= 4 is 15.7 Å². The van der Waals surface area contributed by atoms with Crippen molar-refractivity contribution in [2.45, 2.75) is 63.3 Å². The van der Waals surface area contributed by atoms with Gasteiger partial charge in [0.05, 0.1) is 6.04 Å². The molecule has 0 spiro atoms. The average Bonchev–Trinajstić information content (AvgIpc) is 3.21. The molecule has 3 rings (SSSR count). The number of nitrogens with zero attached hydrogens (tertiary/aromatic N) is 4. The van der Waals surface area contributed by atoms with Crippen LogP contribution in [0.25, 0.3) is 0 Å². The van der Waals surface area contributed by atoms with Crippen LogP contribution in [0.3, 0.4) is 0 Å². The second-order valence-electron chi connectivity index (χ2n) is 6.74. The Morgan fingerprint density at radius 1 is 1.26 bits per heavy atom. The van der Waals surface area contributed by atoms with E-state index in [1.54, 1.807) is 4.68 Å². The minimum Gasteiger partial charge on any atom is -0.352 e. The molecule has 2 fully saturated rings. The Hall–Kier alpha value is -1.51. The largest absolute Gasteiger partial charge is 0.352 e. The maximum atomic E-state index is 12.3. The first-order valence-electron chi connectivity index (χ1n) is 8.21. The Balaban J connectivity index is 1.57. The third-order valence-electron chi connectivity index (χ3n) is 4.61. The molecule has 1 aromatic heterocycles. The minimum absolute atomic E-state index is 0.0863. The fourth-order valence-electron chi connectivity index (χ4n) is 3.14. The highest BCUT2D eigenvalue weighted by atomic mass is 32.2. The lowest BCUT2D eigenvalue weighted by atomic mass is 9.86. The van der Waals surface area contributed by atoms with Gasteiger partial charge in [0.2, 0.25) is 5.91 Å². The number of rotatable bonds is 6. The first-order valence-corrected chi connectivity index (χ1v) is 10.0. The number of carbonyl (C=O) groups excluding carboxylic acids is 1. The lowest BCUT2D eigenvalue weighted by Gasteiger charge is -2.29. The van der Waals surface area contributed by atoms with Crippen LogP contribution in [0.2, 0.25) is 0 Å². The molecule has 1 amide bonds. The van der Waals surface area contributed by atoms with Gasteiger partial charge in [0, 0.05) is 6.04 Å². The lowest BCUT2D eigenvalue weighted by Crippen LogP contribution is -2.43. The van der Waals surface area contributed by atoms with Crippen LogP contribution in [0.5, 0.6) is 0 Å². The normalized spacial score (nSPS) is 25.3. The van der Waals surface area contributed by atoms with Crippen molar-refractivity contribution in [3.05, 3.63) is 5.82 Å². The van der Waals surface area contributed by atoms with Crippen LogP contribution in [-0.2, 0) is 20.4 Å². The van der Waals surface area contributed by atoms with E-state index in [-0.39, 0.29) is 17.8 Å². The van der Waals surface area contributed by atoms with E-state index in [1.807, 2.05) is 0 Å². The lowest BCUT2D eigenvalue weighted by molar-refractivity contribution is -0.119. The molecular weight excluding hydrogens is 318 g/mol. The summed E-state index contributed by atoms with van der Waals surface area (Å²) in [4.78, 5) is 12.1. The smallest absolute Gasteiger partial charge is 0.235 e. The molecule has 2 aliphatic carbocycles. The molecule has 0 radical (unpaired) electrons. The standard InChI is InChI=1S/C14H23N5O3S/c1-10-4-2-3-5-12(10)15-14(20)9-23(21,22)8-13-16-17-18-19(13)11-6-7-11/h10-12H,2-9H2,1H3,(H,15,20)/t10-,12-/m1/s1. The predicted molar refractivity (Wildman–Crippen MR) is 83.1 cm³/mol. The second-order valence-corrected chi connectivity index (χ2v) is 8.80. The van der Waals surface area contributed by atoms with Crippen LogP contribution in [0, 0.1) is 5.92 Å². The number of sulfone groups is 1. The highest BCUT2D eigenvalue weighted by Crippen LogP contribution is 2.34. The summed E-state index contributed by atoms with van der Waals surface area (Å²) in [5.41, 5.74) is 0. The van der Waals surface area contributed by atoms with E-state index < -0.39 is 21.5 Å². The van der Waals surface area contributed by atoms with Crippen LogP contribution < -0.4 is 5.32 Å². The van der Waals surface area contributed by atoms with Gasteiger partial charge in [-0.15, -0.1) is 5.10 Å². The summed E-state index contributed by atoms with van der Waals surface area (Å²) in [6.45, 7) is 2.10. The van der Waals surface area contributed by atoms with E-state index in [0.29, 0.717) is 11.7 Å². The number of tetrazole rings is 1. The molecule has 2 saturated carbocycles. The van der Waals surface area contributed by atoms with E-state index in [4.69, 9.17) is 0 Å². The van der Waals surface area contributed by atoms with Gasteiger partial charge in [-0.05, 0) is 42.0 Å². The Morgan fingerprint density at radius 2 is 2.00 bits per heavy atom. The van der Waals surface area contributed by atoms with Crippen molar-refractivity contribution in [3.8, 4) is 0 Å². The van der Waals surface area contributed by atoms with Gasteiger partial charge in [0.25, 0.3) is 0 Å². The molecule has 0 aromatic carbocycles. The van der Waals surface area contributed by atoms with Crippen molar-refractivity contribution in [2.75, 3.05) is 5.75 Å².